The molecule has 4 N–H and O–H groups in total. The van der Waals surface area contributed by atoms with Gasteiger partial charge in [-0.1, -0.05) is 62.4 Å². The van der Waals surface area contributed by atoms with Crippen LogP contribution in [0.5, 0.6) is 0 Å². The molecule has 7 nitrogen and oxygen atoms in total. The minimum atomic E-state index is -3.80. The van der Waals surface area contributed by atoms with Gasteiger partial charge >= 0.3 is 0 Å². The van der Waals surface area contributed by atoms with Gasteiger partial charge in [0.05, 0.1) is 23.6 Å². The number of nitrogens with one attached hydrogen (secondary N) is 1. The first-order valence-electron chi connectivity index (χ1n) is 10.0. The lowest BCUT2D eigenvalue weighted by atomic mass is 10.0. The van der Waals surface area contributed by atoms with E-state index in [2.05, 4.69) is 5.32 Å². The number of aliphatic hydroxyl groups is 1. The Morgan fingerprint density at radius 2 is 1.60 bits per heavy atom. The molecule has 0 aromatic heterocycles. The maximum absolute atomic E-state index is 13.2. The van der Waals surface area contributed by atoms with Crippen molar-refractivity contribution in [3.05, 3.63) is 66.2 Å². The summed E-state index contributed by atoms with van der Waals surface area (Å²) in [4.78, 5) is 12.1. The molecule has 0 fully saturated rings. The Morgan fingerprint density at radius 1 is 1.03 bits per heavy atom. The van der Waals surface area contributed by atoms with Crippen molar-refractivity contribution >= 4 is 15.9 Å². The third kappa shape index (κ3) is 6.91. The SMILES string of the molecule is CC(C)CN(CC(O)C(Cc1ccccc1)NC(=O)CN)S(=O)(=O)c1ccccc1. The average Bonchev–Trinajstić information content (AvgIpc) is 2.73. The van der Waals surface area contributed by atoms with Gasteiger partial charge in [0.1, 0.15) is 0 Å². The van der Waals surface area contributed by atoms with Crippen LogP contribution in [0.4, 0.5) is 0 Å². The van der Waals surface area contributed by atoms with E-state index in [9.17, 15) is 18.3 Å². The predicted octanol–water partition coefficient (Wildman–Crippen LogP) is 1.38. The third-order valence-electron chi connectivity index (χ3n) is 4.64. The molecule has 1 amide bonds. The fraction of sp³-hybridized carbons (Fsp3) is 0.409. The highest BCUT2D eigenvalue weighted by molar-refractivity contribution is 7.89. The molecule has 0 spiro atoms. The molecule has 0 aliphatic carbocycles. The van der Waals surface area contributed by atoms with Crippen molar-refractivity contribution in [1.82, 2.24) is 9.62 Å². The van der Waals surface area contributed by atoms with Crippen LogP contribution < -0.4 is 11.1 Å². The Labute approximate surface area is 179 Å². The highest BCUT2D eigenvalue weighted by Gasteiger charge is 2.31. The maximum Gasteiger partial charge on any atom is 0.243 e. The number of nitrogens with two attached hydrogens (primary N) is 1. The summed E-state index contributed by atoms with van der Waals surface area (Å²) in [6, 6.07) is 16.9. The number of carbonyl (C=O) groups excluding carboxylic acids is 1. The molecule has 2 aromatic rings. The van der Waals surface area contributed by atoms with Crippen LogP contribution in [-0.4, -0.2) is 55.5 Å². The van der Waals surface area contributed by atoms with Crippen LogP contribution in [0.1, 0.15) is 19.4 Å². The van der Waals surface area contributed by atoms with E-state index in [4.69, 9.17) is 5.73 Å². The highest BCUT2D eigenvalue weighted by Crippen LogP contribution is 2.18. The van der Waals surface area contributed by atoms with Crippen LogP contribution in [0, 0.1) is 5.92 Å². The number of sulfonamides is 1. The third-order valence-corrected chi connectivity index (χ3v) is 6.48. The number of amides is 1. The molecule has 0 bridgehead atoms. The second kappa shape index (κ2) is 11.2. The van der Waals surface area contributed by atoms with Crippen LogP contribution in [0.3, 0.4) is 0 Å². The van der Waals surface area contributed by atoms with Crippen molar-refractivity contribution in [2.24, 2.45) is 11.7 Å². The zero-order valence-corrected chi connectivity index (χ0v) is 18.3. The van der Waals surface area contributed by atoms with Gasteiger partial charge in [0.25, 0.3) is 0 Å². The Balaban J connectivity index is 2.27. The first-order chi connectivity index (χ1) is 14.2. The average molecular weight is 434 g/mol. The van der Waals surface area contributed by atoms with Gasteiger partial charge in [-0.2, -0.15) is 4.31 Å². The minimum Gasteiger partial charge on any atom is -0.390 e. The lowest BCUT2D eigenvalue weighted by Crippen LogP contribution is -2.52. The van der Waals surface area contributed by atoms with Gasteiger partial charge in [0.15, 0.2) is 0 Å². The van der Waals surface area contributed by atoms with Gasteiger partial charge in [-0.3, -0.25) is 4.79 Å². The molecule has 0 aliphatic rings. The number of aliphatic hydroxyl groups excluding tert-OH is 1. The predicted molar refractivity (Wildman–Crippen MR) is 117 cm³/mol. The Hall–Kier alpha value is -2.26. The normalized spacial score (nSPS) is 13.9. The molecule has 0 heterocycles. The Kier molecular flexibility index (Phi) is 8.98. The van der Waals surface area contributed by atoms with Crippen LogP contribution >= 0.6 is 0 Å². The summed E-state index contributed by atoms with van der Waals surface area (Å²) >= 11 is 0. The van der Waals surface area contributed by atoms with E-state index in [-0.39, 0.29) is 30.4 Å². The molecule has 8 heteroatoms. The van der Waals surface area contributed by atoms with Crippen LogP contribution in [0.15, 0.2) is 65.6 Å². The maximum atomic E-state index is 13.2. The lowest BCUT2D eigenvalue weighted by Gasteiger charge is -2.30. The summed E-state index contributed by atoms with van der Waals surface area (Å²) in [7, 11) is -3.80. The van der Waals surface area contributed by atoms with Gasteiger partial charge in [-0.05, 0) is 30.0 Å². The van der Waals surface area contributed by atoms with Crippen molar-refractivity contribution in [3.63, 3.8) is 0 Å². The van der Waals surface area contributed by atoms with E-state index in [1.165, 1.54) is 16.4 Å². The molecule has 2 atom stereocenters. The number of rotatable bonds is 11. The summed E-state index contributed by atoms with van der Waals surface area (Å²) < 4.78 is 27.6. The molecule has 2 aromatic carbocycles. The van der Waals surface area contributed by atoms with Gasteiger partial charge in [0, 0.05) is 13.1 Å². The van der Waals surface area contributed by atoms with Crippen molar-refractivity contribution in [2.75, 3.05) is 19.6 Å². The minimum absolute atomic E-state index is 0.0573. The first kappa shape index (κ1) is 24.0. The Morgan fingerprint density at radius 3 is 2.13 bits per heavy atom. The van der Waals surface area contributed by atoms with E-state index in [1.54, 1.807) is 18.2 Å². The van der Waals surface area contributed by atoms with Gasteiger partial charge < -0.3 is 16.2 Å². The van der Waals surface area contributed by atoms with E-state index >= 15 is 0 Å². The smallest absolute Gasteiger partial charge is 0.243 e. The van der Waals surface area contributed by atoms with Crippen LogP contribution in [0.25, 0.3) is 0 Å². The number of nitrogens with zero attached hydrogens (tertiary/aromatic N) is 1. The van der Waals surface area contributed by atoms with Crippen molar-refractivity contribution in [3.8, 4) is 0 Å². The van der Waals surface area contributed by atoms with E-state index in [0.29, 0.717) is 6.42 Å². The van der Waals surface area contributed by atoms with E-state index < -0.39 is 28.1 Å². The monoisotopic (exact) mass is 433 g/mol. The van der Waals surface area contributed by atoms with Gasteiger partial charge in [0.2, 0.25) is 15.9 Å². The molecule has 0 saturated heterocycles. The molecule has 0 aliphatic heterocycles. The number of hydrogen-bond acceptors (Lipinski definition) is 5. The molecule has 164 valence electrons. The second-order valence-electron chi connectivity index (χ2n) is 7.66. The fourth-order valence-corrected chi connectivity index (χ4v) is 4.82. The topological polar surface area (TPSA) is 113 Å². The second-order valence-corrected chi connectivity index (χ2v) is 9.60. The van der Waals surface area contributed by atoms with Gasteiger partial charge in [-0.25, -0.2) is 8.42 Å². The summed E-state index contributed by atoms with van der Waals surface area (Å²) in [6.45, 7) is 3.72. The van der Waals surface area contributed by atoms with Crippen molar-refractivity contribution < 1.29 is 18.3 Å². The molecule has 30 heavy (non-hydrogen) atoms. The van der Waals surface area contributed by atoms with E-state index in [1.807, 2.05) is 44.2 Å². The highest BCUT2D eigenvalue weighted by atomic mass is 32.2. The summed E-state index contributed by atoms with van der Waals surface area (Å²) in [5.74, 6) is -0.349. The fourth-order valence-electron chi connectivity index (χ4n) is 3.17. The summed E-state index contributed by atoms with van der Waals surface area (Å²) in [6.07, 6.45) is -0.757. The molecule has 2 rings (SSSR count). The quantitative estimate of drug-likeness (QED) is 0.496. The Bertz CT molecular complexity index is 889. The van der Waals surface area contributed by atoms with Gasteiger partial charge in [-0.15, -0.1) is 0 Å². The van der Waals surface area contributed by atoms with E-state index in [0.717, 1.165) is 5.56 Å². The molecule has 0 saturated carbocycles. The van der Waals surface area contributed by atoms with Crippen LogP contribution in [0.2, 0.25) is 0 Å². The summed E-state index contributed by atoms with van der Waals surface area (Å²) in [5.41, 5.74) is 6.34. The standard InChI is InChI=1S/C22H31N3O4S/c1-17(2)15-25(30(28,29)19-11-7-4-8-12-19)16-21(26)20(24-22(27)14-23)13-18-9-5-3-6-10-18/h3-12,17,20-21,26H,13-16,23H2,1-2H3,(H,24,27). The first-order valence-corrected chi connectivity index (χ1v) is 11.4. The van der Waals surface area contributed by atoms with Crippen molar-refractivity contribution in [2.45, 2.75) is 37.3 Å². The summed E-state index contributed by atoms with van der Waals surface area (Å²) in [5, 5.41) is 13.7. The largest absolute Gasteiger partial charge is 0.390 e. The molecule has 2 unspecified atom stereocenters. The lowest BCUT2D eigenvalue weighted by molar-refractivity contribution is -0.121. The zero-order chi connectivity index (χ0) is 22.1. The number of benzene rings is 2. The molecular formula is C22H31N3O4S. The van der Waals surface area contributed by atoms with Crippen molar-refractivity contribution in [1.29, 1.82) is 0 Å². The molecular weight excluding hydrogens is 402 g/mol. The number of hydrogen-bond donors (Lipinski definition) is 3. The number of carbonyl (C=O) groups is 1. The molecule has 0 radical (unpaired) electrons. The zero-order valence-electron chi connectivity index (χ0n) is 17.4. The van der Waals surface area contributed by atoms with Crippen LogP contribution in [-0.2, 0) is 21.2 Å².